The van der Waals surface area contributed by atoms with Gasteiger partial charge in [0.2, 0.25) is 10.0 Å². The van der Waals surface area contributed by atoms with Crippen molar-refractivity contribution in [1.29, 1.82) is 0 Å². The van der Waals surface area contributed by atoms with Crippen LogP contribution in [0.5, 0.6) is 0 Å². The molecule has 1 aromatic carbocycles. The van der Waals surface area contributed by atoms with Gasteiger partial charge in [0, 0.05) is 31.1 Å². The molecule has 20 heavy (non-hydrogen) atoms. The third-order valence-electron chi connectivity index (χ3n) is 3.60. The van der Waals surface area contributed by atoms with Gasteiger partial charge in [-0.1, -0.05) is 0 Å². The average Bonchev–Trinajstić information content (AvgIpc) is 2.84. The van der Waals surface area contributed by atoms with Gasteiger partial charge in [-0.3, -0.25) is 0 Å². The number of hydrogen-bond donors (Lipinski definition) is 1. The molecule has 1 unspecified atom stereocenters. The van der Waals surface area contributed by atoms with E-state index in [0.29, 0.717) is 9.64 Å². The fraction of sp³-hybridized carbons (Fsp3) is 0.571. The van der Waals surface area contributed by atoms with E-state index in [1.165, 1.54) is 22.9 Å². The molecular weight excluding hydrogens is 292 g/mol. The van der Waals surface area contributed by atoms with Gasteiger partial charge in [0.05, 0.1) is 4.90 Å². The standard InChI is InChI=1S/C14H22N2O2S2/c1-14(9-4-10-19-14)11-15-12-5-7-13(8-6-12)20(17,18)16(2)3/h5-8,15H,4,9-11H2,1-3H3. The molecule has 0 aromatic heterocycles. The van der Waals surface area contributed by atoms with E-state index in [1.807, 2.05) is 23.9 Å². The highest BCUT2D eigenvalue weighted by molar-refractivity contribution is 8.00. The van der Waals surface area contributed by atoms with Gasteiger partial charge in [-0.25, -0.2) is 12.7 Å². The molecule has 112 valence electrons. The first-order valence-electron chi connectivity index (χ1n) is 6.74. The molecule has 1 aromatic rings. The molecule has 1 aliphatic heterocycles. The van der Waals surface area contributed by atoms with Crippen LogP contribution in [0.25, 0.3) is 0 Å². The Morgan fingerprint density at radius 1 is 1.30 bits per heavy atom. The minimum atomic E-state index is -3.33. The van der Waals surface area contributed by atoms with Gasteiger partial charge < -0.3 is 5.32 Å². The summed E-state index contributed by atoms with van der Waals surface area (Å²) in [6.45, 7) is 3.19. The van der Waals surface area contributed by atoms with E-state index < -0.39 is 10.0 Å². The van der Waals surface area contributed by atoms with Gasteiger partial charge in [-0.15, -0.1) is 0 Å². The molecule has 1 aliphatic rings. The van der Waals surface area contributed by atoms with Crippen LogP contribution < -0.4 is 5.32 Å². The molecule has 0 aliphatic carbocycles. The van der Waals surface area contributed by atoms with Crippen molar-refractivity contribution < 1.29 is 8.42 Å². The Morgan fingerprint density at radius 3 is 2.45 bits per heavy atom. The van der Waals surface area contributed by atoms with Crippen LogP contribution >= 0.6 is 11.8 Å². The van der Waals surface area contributed by atoms with E-state index in [0.717, 1.165) is 12.2 Å². The summed E-state index contributed by atoms with van der Waals surface area (Å²) >= 11 is 2.01. The second-order valence-corrected chi connectivity index (χ2v) is 9.40. The molecule has 1 saturated heterocycles. The molecule has 0 saturated carbocycles. The number of hydrogen-bond acceptors (Lipinski definition) is 4. The quantitative estimate of drug-likeness (QED) is 0.908. The minimum absolute atomic E-state index is 0.300. The van der Waals surface area contributed by atoms with Gasteiger partial charge in [-0.05, 0) is 49.8 Å². The molecule has 1 fully saturated rings. The zero-order valence-electron chi connectivity index (χ0n) is 12.2. The summed E-state index contributed by atoms with van der Waals surface area (Å²) in [6.07, 6.45) is 2.51. The van der Waals surface area contributed by atoms with Crippen LogP contribution in [0.2, 0.25) is 0 Å². The van der Waals surface area contributed by atoms with Crippen LogP contribution in [0.3, 0.4) is 0 Å². The molecule has 1 N–H and O–H groups in total. The first-order valence-corrected chi connectivity index (χ1v) is 9.16. The Morgan fingerprint density at radius 2 is 1.95 bits per heavy atom. The summed E-state index contributed by atoms with van der Waals surface area (Å²) in [5.41, 5.74) is 0.969. The van der Waals surface area contributed by atoms with Crippen molar-refractivity contribution in [3.63, 3.8) is 0 Å². The Balaban J connectivity index is 2.02. The lowest BCUT2D eigenvalue weighted by Crippen LogP contribution is -2.27. The van der Waals surface area contributed by atoms with Gasteiger partial charge >= 0.3 is 0 Å². The SMILES string of the molecule is CN(C)S(=O)(=O)c1ccc(NCC2(C)CCCS2)cc1. The predicted molar refractivity (Wildman–Crippen MR) is 85.9 cm³/mol. The molecule has 0 bridgehead atoms. The second-order valence-electron chi connectivity index (χ2n) is 5.57. The van der Waals surface area contributed by atoms with Gasteiger partial charge in [0.15, 0.2) is 0 Å². The van der Waals surface area contributed by atoms with Crippen molar-refractivity contribution >= 4 is 27.5 Å². The Labute approximate surface area is 126 Å². The van der Waals surface area contributed by atoms with Crippen molar-refractivity contribution in [2.24, 2.45) is 0 Å². The Hall–Kier alpha value is -0.720. The Bertz CT molecular complexity index is 547. The van der Waals surface area contributed by atoms with Crippen LogP contribution in [0.1, 0.15) is 19.8 Å². The van der Waals surface area contributed by atoms with Crippen molar-refractivity contribution in [3.8, 4) is 0 Å². The fourth-order valence-electron chi connectivity index (χ4n) is 2.22. The molecule has 1 heterocycles. The third kappa shape index (κ3) is 3.48. The topological polar surface area (TPSA) is 49.4 Å². The number of sulfonamides is 1. The van der Waals surface area contributed by atoms with Crippen molar-refractivity contribution in [1.82, 2.24) is 4.31 Å². The third-order valence-corrected chi connectivity index (χ3v) is 6.97. The minimum Gasteiger partial charge on any atom is -0.384 e. The van der Waals surface area contributed by atoms with Gasteiger partial charge in [0.1, 0.15) is 0 Å². The molecule has 2 rings (SSSR count). The zero-order valence-corrected chi connectivity index (χ0v) is 13.9. The van der Waals surface area contributed by atoms with Crippen molar-refractivity contribution in [2.45, 2.75) is 29.4 Å². The van der Waals surface area contributed by atoms with E-state index in [-0.39, 0.29) is 0 Å². The normalized spacial score (nSPS) is 23.2. The lowest BCUT2D eigenvalue weighted by atomic mass is 10.1. The Kier molecular flexibility index (Phi) is 4.66. The number of nitrogens with one attached hydrogen (secondary N) is 1. The molecule has 6 heteroatoms. The second kappa shape index (κ2) is 5.95. The van der Waals surface area contributed by atoms with E-state index in [2.05, 4.69) is 12.2 Å². The van der Waals surface area contributed by atoms with E-state index >= 15 is 0 Å². The molecule has 0 spiro atoms. The first kappa shape index (κ1) is 15.7. The summed E-state index contributed by atoms with van der Waals surface area (Å²) < 4.78 is 25.5. The lowest BCUT2D eigenvalue weighted by Gasteiger charge is -2.23. The lowest BCUT2D eigenvalue weighted by molar-refractivity contribution is 0.521. The number of nitrogens with zero attached hydrogens (tertiary/aromatic N) is 1. The summed E-state index contributed by atoms with van der Waals surface area (Å²) in [4.78, 5) is 0.328. The smallest absolute Gasteiger partial charge is 0.242 e. The summed E-state index contributed by atoms with van der Waals surface area (Å²) in [5.74, 6) is 1.23. The monoisotopic (exact) mass is 314 g/mol. The summed E-state index contributed by atoms with van der Waals surface area (Å²) in [7, 11) is -0.252. The molecule has 1 atom stereocenters. The fourth-order valence-corrected chi connectivity index (χ4v) is 4.37. The number of rotatable bonds is 5. The van der Waals surface area contributed by atoms with Gasteiger partial charge in [0.25, 0.3) is 0 Å². The number of benzene rings is 1. The largest absolute Gasteiger partial charge is 0.384 e. The number of thioether (sulfide) groups is 1. The van der Waals surface area contributed by atoms with Crippen LogP contribution in [-0.4, -0.2) is 43.9 Å². The maximum atomic E-state index is 12.0. The molecule has 0 amide bonds. The molecule has 0 radical (unpaired) electrons. The average molecular weight is 314 g/mol. The van der Waals surface area contributed by atoms with Crippen molar-refractivity contribution in [2.75, 3.05) is 31.7 Å². The molecule has 4 nitrogen and oxygen atoms in total. The van der Waals surface area contributed by atoms with E-state index in [1.54, 1.807) is 26.2 Å². The van der Waals surface area contributed by atoms with E-state index in [9.17, 15) is 8.42 Å². The van der Waals surface area contributed by atoms with Crippen molar-refractivity contribution in [3.05, 3.63) is 24.3 Å². The maximum Gasteiger partial charge on any atom is 0.242 e. The highest BCUT2D eigenvalue weighted by atomic mass is 32.2. The predicted octanol–water partition coefficient (Wildman–Crippen LogP) is 2.63. The maximum absolute atomic E-state index is 12.0. The van der Waals surface area contributed by atoms with Crippen LogP contribution in [0.4, 0.5) is 5.69 Å². The van der Waals surface area contributed by atoms with E-state index in [4.69, 9.17) is 0 Å². The highest BCUT2D eigenvalue weighted by Crippen LogP contribution is 2.37. The zero-order chi connectivity index (χ0) is 14.8. The highest BCUT2D eigenvalue weighted by Gasteiger charge is 2.29. The van der Waals surface area contributed by atoms with Crippen LogP contribution in [-0.2, 0) is 10.0 Å². The molecular formula is C14H22N2O2S2. The van der Waals surface area contributed by atoms with Gasteiger partial charge in [-0.2, -0.15) is 11.8 Å². The summed E-state index contributed by atoms with van der Waals surface area (Å²) in [5, 5.41) is 3.41. The van der Waals surface area contributed by atoms with Crippen LogP contribution in [0, 0.1) is 0 Å². The number of anilines is 1. The van der Waals surface area contributed by atoms with Crippen LogP contribution in [0.15, 0.2) is 29.2 Å². The summed E-state index contributed by atoms with van der Waals surface area (Å²) in [6, 6.07) is 6.97. The first-order chi connectivity index (χ1) is 9.33.